The lowest BCUT2D eigenvalue weighted by atomic mass is 9.78. The first kappa shape index (κ1) is 13.1. The predicted molar refractivity (Wildman–Crippen MR) is 65.2 cm³/mol. The van der Waals surface area contributed by atoms with Crippen LogP contribution in [0.4, 0.5) is 4.39 Å². The van der Waals surface area contributed by atoms with Gasteiger partial charge in [-0.25, -0.2) is 4.39 Å². The van der Waals surface area contributed by atoms with Crippen LogP contribution in [0.25, 0.3) is 0 Å². The highest BCUT2D eigenvalue weighted by Gasteiger charge is 2.46. The largest absolute Gasteiger partial charge is 0.504 e. The number of carboxylic acids is 1. The first-order valence-corrected chi connectivity index (χ1v) is 6.33. The molecule has 1 fully saturated rings. The van der Waals surface area contributed by atoms with E-state index in [0.717, 1.165) is 18.9 Å². The second-order valence-corrected chi connectivity index (χ2v) is 5.36. The summed E-state index contributed by atoms with van der Waals surface area (Å²) >= 11 is 3.07. The van der Waals surface area contributed by atoms with Gasteiger partial charge in [-0.2, -0.15) is 0 Å². The van der Waals surface area contributed by atoms with E-state index in [1.807, 2.05) is 0 Å². The molecule has 6 heteroatoms. The van der Waals surface area contributed by atoms with Crippen LogP contribution in [0.1, 0.15) is 31.2 Å². The molecule has 0 aromatic heterocycles. The zero-order valence-corrected chi connectivity index (χ0v) is 11.0. The first-order valence-electron chi connectivity index (χ1n) is 5.54. The van der Waals surface area contributed by atoms with Gasteiger partial charge in [0.2, 0.25) is 0 Å². The van der Waals surface area contributed by atoms with Crippen LogP contribution >= 0.6 is 15.9 Å². The van der Waals surface area contributed by atoms with Crippen LogP contribution in [0.3, 0.4) is 0 Å². The quantitative estimate of drug-likeness (QED) is 0.733. The van der Waals surface area contributed by atoms with Gasteiger partial charge in [0.25, 0.3) is 0 Å². The van der Waals surface area contributed by atoms with Gasteiger partial charge < -0.3 is 15.3 Å². The molecular weight excluding hydrogens is 307 g/mol. The van der Waals surface area contributed by atoms with Gasteiger partial charge in [0.15, 0.2) is 17.3 Å². The van der Waals surface area contributed by atoms with Gasteiger partial charge in [0.05, 0.1) is 5.41 Å². The summed E-state index contributed by atoms with van der Waals surface area (Å²) in [5.74, 6) is -3.64. The van der Waals surface area contributed by atoms with E-state index in [9.17, 15) is 24.5 Å². The minimum absolute atomic E-state index is 0.0615. The van der Waals surface area contributed by atoms with Gasteiger partial charge in [-0.15, -0.1) is 0 Å². The number of rotatable bonds is 2. The summed E-state index contributed by atoms with van der Waals surface area (Å²) in [5, 5.41) is 28.7. The maximum atomic E-state index is 13.2. The summed E-state index contributed by atoms with van der Waals surface area (Å²) < 4.78 is 13.4. The van der Waals surface area contributed by atoms with Crippen molar-refractivity contribution in [1.82, 2.24) is 0 Å². The standard InChI is InChI=1S/C12H12BrFO4/c13-6-5-7(14)9(15)10(16)8(6)12(11(17)18)3-1-2-4-12/h5,15-16H,1-4H2,(H,17,18). The van der Waals surface area contributed by atoms with E-state index in [1.165, 1.54) is 0 Å². The third kappa shape index (κ3) is 1.75. The molecule has 0 unspecified atom stereocenters. The van der Waals surface area contributed by atoms with Crippen molar-refractivity contribution in [2.45, 2.75) is 31.1 Å². The smallest absolute Gasteiger partial charge is 0.314 e. The number of halogens is 2. The number of aliphatic carboxylic acids is 1. The van der Waals surface area contributed by atoms with E-state index in [2.05, 4.69) is 15.9 Å². The number of hydrogen-bond donors (Lipinski definition) is 3. The monoisotopic (exact) mass is 318 g/mol. The average molecular weight is 319 g/mol. The molecule has 1 aliphatic rings. The molecule has 4 nitrogen and oxygen atoms in total. The fraction of sp³-hybridized carbons (Fsp3) is 0.417. The summed E-state index contributed by atoms with van der Waals surface area (Å²) in [6, 6.07) is 0.980. The lowest BCUT2D eigenvalue weighted by Gasteiger charge is -2.26. The molecule has 0 radical (unpaired) electrons. The van der Waals surface area contributed by atoms with Crippen LogP contribution in [-0.4, -0.2) is 21.3 Å². The highest BCUT2D eigenvalue weighted by Crippen LogP contribution is 2.50. The van der Waals surface area contributed by atoms with Gasteiger partial charge in [-0.1, -0.05) is 28.8 Å². The zero-order valence-electron chi connectivity index (χ0n) is 9.41. The summed E-state index contributed by atoms with van der Waals surface area (Å²) in [5.41, 5.74) is -1.19. The number of hydrogen-bond acceptors (Lipinski definition) is 3. The van der Waals surface area contributed by atoms with Crippen molar-refractivity contribution < 1.29 is 24.5 Å². The highest BCUT2D eigenvalue weighted by atomic mass is 79.9. The summed E-state index contributed by atoms with van der Waals surface area (Å²) in [6.45, 7) is 0. The molecule has 0 amide bonds. The lowest BCUT2D eigenvalue weighted by Crippen LogP contribution is -2.33. The molecule has 0 aliphatic heterocycles. The van der Waals surface area contributed by atoms with Crippen LogP contribution in [-0.2, 0) is 10.2 Å². The van der Waals surface area contributed by atoms with Crippen LogP contribution in [0, 0.1) is 5.82 Å². The Morgan fingerprint density at radius 1 is 1.28 bits per heavy atom. The Kier molecular flexibility index (Phi) is 3.23. The van der Waals surface area contributed by atoms with E-state index in [-0.39, 0.29) is 10.0 Å². The van der Waals surface area contributed by atoms with E-state index >= 15 is 0 Å². The Labute approximate surface area is 111 Å². The molecule has 1 aromatic carbocycles. The zero-order chi connectivity index (χ0) is 13.5. The Balaban J connectivity index is 2.70. The third-order valence-electron chi connectivity index (χ3n) is 3.52. The summed E-state index contributed by atoms with van der Waals surface area (Å²) in [6.07, 6.45) is 2.16. The van der Waals surface area contributed by atoms with Crippen LogP contribution < -0.4 is 0 Å². The number of aromatic hydroxyl groups is 2. The summed E-state index contributed by atoms with van der Waals surface area (Å²) in [7, 11) is 0. The SMILES string of the molecule is O=C(O)C1(c2c(Br)cc(F)c(O)c2O)CCCC1. The van der Waals surface area contributed by atoms with E-state index in [4.69, 9.17) is 0 Å². The van der Waals surface area contributed by atoms with Crippen LogP contribution in [0.15, 0.2) is 10.5 Å². The third-order valence-corrected chi connectivity index (χ3v) is 4.15. The summed E-state index contributed by atoms with van der Waals surface area (Å²) in [4.78, 5) is 11.5. The van der Waals surface area contributed by atoms with Crippen molar-refractivity contribution in [3.8, 4) is 11.5 Å². The average Bonchev–Trinajstić information content (AvgIpc) is 2.76. The predicted octanol–water partition coefficient (Wildman–Crippen LogP) is 2.90. The second-order valence-electron chi connectivity index (χ2n) is 4.51. The number of phenolic OH excluding ortho intramolecular Hbond substituents is 2. The molecule has 18 heavy (non-hydrogen) atoms. The Morgan fingerprint density at radius 2 is 1.83 bits per heavy atom. The maximum Gasteiger partial charge on any atom is 0.314 e. The van der Waals surface area contributed by atoms with Gasteiger partial charge in [-0.3, -0.25) is 4.79 Å². The second kappa shape index (κ2) is 4.42. The highest BCUT2D eigenvalue weighted by molar-refractivity contribution is 9.10. The van der Waals surface area contributed by atoms with Crippen molar-refractivity contribution in [2.75, 3.05) is 0 Å². The topological polar surface area (TPSA) is 77.8 Å². The lowest BCUT2D eigenvalue weighted by molar-refractivity contribution is -0.143. The molecule has 2 rings (SSSR count). The van der Waals surface area contributed by atoms with Gasteiger partial charge >= 0.3 is 5.97 Å². The normalized spacial score (nSPS) is 17.9. The number of phenols is 2. The van der Waals surface area contributed by atoms with E-state index in [0.29, 0.717) is 12.8 Å². The van der Waals surface area contributed by atoms with Gasteiger partial charge in [0, 0.05) is 10.0 Å². The van der Waals surface area contributed by atoms with E-state index < -0.39 is 28.7 Å². The van der Waals surface area contributed by atoms with Crippen molar-refractivity contribution in [1.29, 1.82) is 0 Å². The minimum atomic E-state index is -1.26. The molecule has 98 valence electrons. The molecule has 1 aliphatic carbocycles. The van der Waals surface area contributed by atoms with Crippen LogP contribution in [0.2, 0.25) is 0 Å². The van der Waals surface area contributed by atoms with Crippen molar-refractivity contribution in [2.24, 2.45) is 0 Å². The molecule has 1 saturated carbocycles. The number of carbonyl (C=O) groups is 1. The molecule has 0 spiro atoms. The molecule has 1 aromatic rings. The van der Waals surface area contributed by atoms with Crippen molar-refractivity contribution >= 4 is 21.9 Å². The Bertz CT molecular complexity index is 509. The molecule has 0 heterocycles. The molecule has 0 saturated heterocycles. The van der Waals surface area contributed by atoms with Crippen LogP contribution in [0.5, 0.6) is 11.5 Å². The Morgan fingerprint density at radius 3 is 2.33 bits per heavy atom. The number of benzene rings is 1. The molecule has 0 atom stereocenters. The minimum Gasteiger partial charge on any atom is -0.504 e. The Hall–Kier alpha value is -1.30. The fourth-order valence-electron chi connectivity index (χ4n) is 2.60. The first-order chi connectivity index (χ1) is 8.40. The fourth-order valence-corrected chi connectivity index (χ4v) is 3.37. The maximum absolute atomic E-state index is 13.2. The molecule has 3 N–H and O–H groups in total. The van der Waals surface area contributed by atoms with Gasteiger partial charge in [0.1, 0.15) is 0 Å². The van der Waals surface area contributed by atoms with E-state index in [1.54, 1.807) is 0 Å². The molecule has 0 bridgehead atoms. The van der Waals surface area contributed by atoms with Crippen molar-refractivity contribution in [3.63, 3.8) is 0 Å². The van der Waals surface area contributed by atoms with Crippen molar-refractivity contribution in [3.05, 3.63) is 21.9 Å². The molecular formula is C12H12BrFO4. The number of carboxylic acid groups (broad SMARTS) is 1. The van der Waals surface area contributed by atoms with Gasteiger partial charge in [-0.05, 0) is 18.9 Å².